The van der Waals surface area contributed by atoms with Gasteiger partial charge in [0, 0.05) is 0 Å². The van der Waals surface area contributed by atoms with Crippen molar-refractivity contribution in [2.24, 2.45) is 5.73 Å². The molecule has 0 saturated heterocycles. The van der Waals surface area contributed by atoms with Gasteiger partial charge >= 0.3 is 23.9 Å². The second-order valence-electron chi connectivity index (χ2n) is 3.12. The summed E-state index contributed by atoms with van der Waals surface area (Å²) < 4.78 is 4.35. The van der Waals surface area contributed by atoms with Crippen molar-refractivity contribution in [2.45, 2.75) is 18.4 Å². The number of carboxylic acids is 3. The Kier molecular flexibility index (Phi) is 5.06. The minimum atomic E-state index is -2.64. The number of ether oxygens (including phenoxy) is 1. The zero-order valence-electron chi connectivity index (χ0n) is 8.58. The molecule has 0 atom stereocenters. The molecule has 0 saturated carbocycles. The van der Waals surface area contributed by atoms with Crippen LogP contribution in [0.25, 0.3) is 0 Å². The fourth-order valence-corrected chi connectivity index (χ4v) is 1.08. The van der Waals surface area contributed by atoms with Crippen molar-refractivity contribution in [1.82, 2.24) is 0 Å². The van der Waals surface area contributed by atoms with Crippen LogP contribution in [0.1, 0.15) is 12.8 Å². The van der Waals surface area contributed by atoms with Gasteiger partial charge in [-0.3, -0.25) is 14.4 Å². The number of hydrogen-bond acceptors (Lipinski definition) is 6. The molecule has 5 N–H and O–H groups in total. The Morgan fingerprint density at radius 1 is 1.00 bits per heavy atom. The Morgan fingerprint density at radius 3 is 1.65 bits per heavy atom. The first-order valence-electron chi connectivity index (χ1n) is 4.32. The van der Waals surface area contributed by atoms with Crippen LogP contribution in [0.5, 0.6) is 0 Å². The van der Waals surface area contributed by atoms with Crippen molar-refractivity contribution >= 4 is 23.9 Å². The molecule has 0 aliphatic heterocycles. The molecule has 9 heteroatoms. The van der Waals surface area contributed by atoms with E-state index in [1.807, 2.05) is 0 Å². The minimum absolute atomic E-state index is 0.686. The van der Waals surface area contributed by atoms with Gasteiger partial charge in [-0.25, -0.2) is 4.79 Å². The molecule has 0 radical (unpaired) electrons. The molecule has 0 heterocycles. The number of rotatable bonds is 7. The summed E-state index contributed by atoms with van der Waals surface area (Å²) in [7, 11) is 0. The summed E-state index contributed by atoms with van der Waals surface area (Å²) in [5, 5.41) is 25.9. The highest BCUT2D eigenvalue weighted by Gasteiger charge is 2.46. The zero-order valence-corrected chi connectivity index (χ0v) is 8.58. The maximum absolute atomic E-state index is 10.9. The highest BCUT2D eigenvalue weighted by atomic mass is 16.6. The normalized spacial score (nSPS) is 10.6. The van der Waals surface area contributed by atoms with E-state index in [2.05, 4.69) is 4.74 Å². The first-order valence-corrected chi connectivity index (χ1v) is 4.32. The van der Waals surface area contributed by atoms with Gasteiger partial charge in [0.05, 0.1) is 19.4 Å². The van der Waals surface area contributed by atoms with Crippen LogP contribution in [0.3, 0.4) is 0 Å². The standard InChI is InChI=1S/C8H11NO8/c9-3-6(14)17-8(7(15)16,1-4(10)11)2-5(12)13/h1-3,9H2,(H,10,11)(H,12,13)(H,15,16). The van der Waals surface area contributed by atoms with E-state index in [0.717, 1.165) is 0 Å². The summed E-state index contributed by atoms with van der Waals surface area (Å²) in [5.41, 5.74) is 2.23. The summed E-state index contributed by atoms with van der Waals surface area (Å²) >= 11 is 0. The molecule has 0 spiro atoms. The largest absolute Gasteiger partial charge is 0.481 e. The third-order valence-electron chi connectivity index (χ3n) is 1.74. The fraction of sp³-hybridized carbons (Fsp3) is 0.500. The van der Waals surface area contributed by atoms with Crippen LogP contribution in [-0.2, 0) is 23.9 Å². The summed E-state index contributed by atoms with van der Waals surface area (Å²) in [6.45, 7) is -0.686. The van der Waals surface area contributed by atoms with Crippen molar-refractivity contribution in [3.8, 4) is 0 Å². The van der Waals surface area contributed by atoms with E-state index in [1.54, 1.807) is 0 Å². The Balaban J connectivity index is 5.22. The second kappa shape index (κ2) is 5.80. The van der Waals surface area contributed by atoms with Gasteiger partial charge in [0.1, 0.15) is 0 Å². The molecule has 0 fully saturated rings. The highest BCUT2D eigenvalue weighted by molar-refractivity contribution is 5.90. The third-order valence-corrected chi connectivity index (χ3v) is 1.74. The molecular weight excluding hydrogens is 238 g/mol. The van der Waals surface area contributed by atoms with Crippen LogP contribution in [0, 0.1) is 0 Å². The van der Waals surface area contributed by atoms with Gasteiger partial charge in [0.15, 0.2) is 0 Å². The molecule has 0 amide bonds. The molecule has 0 aliphatic rings. The van der Waals surface area contributed by atoms with E-state index in [1.165, 1.54) is 0 Å². The Labute approximate surface area is 94.8 Å². The molecule has 0 aromatic heterocycles. The summed E-state index contributed by atoms with van der Waals surface area (Å²) in [6, 6.07) is 0. The van der Waals surface area contributed by atoms with Crippen LogP contribution < -0.4 is 5.73 Å². The smallest absolute Gasteiger partial charge is 0.349 e. The predicted molar refractivity (Wildman–Crippen MR) is 50.0 cm³/mol. The van der Waals surface area contributed by atoms with E-state index in [0.29, 0.717) is 0 Å². The van der Waals surface area contributed by atoms with E-state index < -0.39 is 48.9 Å². The lowest BCUT2D eigenvalue weighted by atomic mass is 9.95. The van der Waals surface area contributed by atoms with Gasteiger partial charge in [-0.1, -0.05) is 0 Å². The highest BCUT2D eigenvalue weighted by Crippen LogP contribution is 2.22. The Morgan fingerprint density at radius 2 is 1.41 bits per heavy atom. The number of carbonyl (C=O) groups is 4. The number of esters is 1. The van der Waals surface area contributed by atoms with Gasteiger partial charge in [-0.2, -0.15) is 0 Å². The maximum Gasteiger partial charge on any atom is 0.349 e. The predicted octanol–water partition coefficient (Wildman–Crippen LogP) is -1.74. The van der Waals surface area contributed by atoms with E-state index in [4.69, 9.17) is 21.1 Å². The Bertz CT molecular complexity index is 333. The molecule has 9 nitrogen and oxygen atoms in total. The van der Waals surface area contributed by atoms with Crippen LogP contribution in [-0.4, -0.2) is 51.3 Å². The summed E-state index contributed by atoms with van der Waals surface area (Å²) in [4.78, 5) is 42.8. The lowest BCUT2D eigenvalue weighted by molar-refractivity contribution is -0.185. The number of hydrogen-bond donors (Lipinski definition) is 4. The lowest BCUT2D eigenvalue weighted by Crippen LogP contribution is -2.48. The summed E-state index contributed by atoms with van der Waals surface area (Å²) in [5.74, 6) is -6.28. The zero-order chi connectivity index (χ0) is 13.6. The van der Waals surface area contributed by atoms with E-state index in [9.17, 15) is 19.2 Å². The molecule has 0 aliphatic carbocycles. The molecule has 0 bridgehead atoms. The molecular formula is C8H11NO8. The topological polar surface area (TPSA) is 164 Å². The first kappa shape index (κ1) is 14.8. The number of carboxylic acid groups (broad SMARTS) is 3. The van der Waals surface area contributed by atoms with Gasteiger partial charge < -0.3 is 25.8 Å². The molecule has 0 aromatic carbocycles. The number of nitrogens with two attached hydrogens (primary N) is 1. The SMILES string of the molecule is NCC(=O)OC(CC(=O)O)(CC(=O)O)C(=O)O. The van der Waals surface area contributed by atoms with Gasteiger partial charge in [-0.15, -0.1) is 0 Å². The number of carbonyl (C=O) groups excluding carboxylic acids is 1. The van der Waals surface area contributed by atoms with Crippen molar-refractivity contribution in [2.75, 3.05) is 6.54 Å². The van der Waals surface area contributed by atoms with Gasteiger partial charge in [-0.05, 0) is 0 Å². The van der Waals surface area contributed by atoms with E-state index >= 15 is 0 Å². The van der Waals surface area contributed by atoms with Crippen molar-refractivity contribution in [1.29, 1.82) is 0 Å². The molecule has 0 unspecified atom stereocenters. The third kappa shape index (κ3) is 4.47. The average Bonchev–Trinajstić information content (AvgIpc) is 2.14. The number of aliphatic carboxylic acids is 3. The van der Waals surface area contributed by atoms with Crippen LogP contribution in [0.4, 0.5) is 0 Å². The summed E-state index contributed by atoms with van der Waals surface area (Å²) in [6.07, 6.45) is -2.33. The fourth-order valence-electron chi connectivity index (χ4n) is 1.08. The van der Waals surface area contributed by atoms with Gasteiger partial charge in [0.25, 0.3) is 0 Å². The monoisotopic (exact) mass is 249 g/mol. The van der Waals surface area contributed by atoms with Crippen molar-refractivity contribution in [3.63, 3.8) is 0 Å². The molecule has 0 aromatic rings. The lowest BCUT2D eigenvalue weighted by Gasteiger charge is -2.25. The average molecular weight is 249 g/mol. The van der Waals surface area contributed by atoms with Crippen molar-refractivity contribution < 1.29 is 39.2 Å². The molecule has 96 valence electrons. The second-order valence-corrected chi connectivity index (χ2v) is 3.12. The first-order chi connectivity index (χ1) is 7.73. The van der Waals surface area contributed by atoms with Gasteiger partial charge in [0.2, 0.25) is 5.60 Å². The van der Waals surface area contributed by atoms with Crippen LogP contribution >= 0.6 is 0 Å². The minimum Gasteiger partial charge on any atom is -0.481 e. The van der Waals surface area contributed by atoms with Crippen LogP contribution in [0.15, 0.2) is 0 Å². The molecule has 17 heavy (non-hydrogen) atoms. The van der Waals surface area contributed by atoms with Crippen molar-refractivity contribution in [3.05, 3.63) is 0 Å². The quantitative estimate of drug-likeness (QED) is 0.383. The van der Waals surface area contributed by atoms with E-state index in [-0.39, 0.29) is 0 Å². The Hall–Kier alpha value is -2.16. The maximum atomic E-state index is 10.9. The molecule has 0 rings (SSSR count). The van der Waals surface area contributed by atoms with Crippen LogP contribution in [0.2, 0.25) is 0 Å².